The molecule has 0 atom stereocenters. The van der Waals surface area contributed by atoms with Crippen LogP contribution < -0.4 is 0 Å². The fraction of sp³-hybridized carbons (Fsp3) is 0.200. The summed E-state index contributed by atoms with van der Waals surface area (Å²) in [5.41, 5.74) is 2.37. The predicted octanol–water partition coefficient (Wildman–Crippen LogP) is 5.62. The summed E-state index contributed by atoms with van der Waals surface area (Å²) in [6.07, 6.45) is 0. The molecule has 0 aliphatic heterocycles. The molecule has 3 aromatic rings. The van der Waals surface area contributed by atoms with Gasteiger partial charge in [0.05, 0.1) is 6.54 Å². The molecule has 0 radical (unpaired) electrons. The molecule has 2 nitrogen and oxygen atoms in total. The maximum Gasteiger partial charge on any atom is 0.134 e. The van der Waals surface area contributed by atoms with Crippen molar-refractivity contribution in [1.82, 2.24) is 4.90 Å². The molecule has 0 aliphatic carbocycles. The van der Waals surface area contributed by atoms with Crippen molar-refractivity contribution < 1.29 is 4.42 Å². The lowest BCUT2D eigenvalue weighted by atomic mass is 10.2. The third-order valence-electron chi connectivity index (χ3n) is 3.87. The molecule has 3 rings (SSSR count). The van der Waals surface area contributed by atoms with E-state index < -0.39 is 0 Å². The van der Waals surface area contributed by atoms with Crippen molar-refractivity contribution in [1.29, 1.82) is 0 Å². The highest BCUT2D eigenvalue weighted by molar-refractivity contribution is 6.30. The molecule has 2 aromatic carbocycles. The van der Waals surface area contributed by atoms with Gasteiger partial charge in [0.25, 0.3) is 0 Å². The first kappa shape index (κ1) is 15.9. The van der Waals surface area contributed by atoms with E-state index in [1.165, 1.54) is 5.56 Å². The van der Waals surface area contributed by atoms with Crippen molar-refractivity contribution in [2.45, 2.75) is 20.0 Å². The lowest BCUT2D eigenvalue weighted by Crippen LogP contribution is -2.21. The summed E-state index contributed by atoms with van der Waals surface area (Å²) < 4.78 is 5.99. The van der Waals surface area contributed by atoms with Gasteiger partial charge in [-0.15, -0.1) is 0 Å². The Kier molecular flexibility index (Phi) is 5.16. The fourth-order valence-corrected chi connectivity index (χ4v) is 2.70. The van der Waals surface area contributed by atoms with Crippen LogP contribution in [0.4, 0.5) is 0 Å². The zero-order chi connectivity index (χ0) is 16.1. The normalized spacial score (nSPS) is 11.1. The quantitative estimate of drug-likeness (QED) is 0.584. The van der Waals surface area contributed by atoms with Crippen LogP contribution in [0.5, 0.6) is 0 Å². The van der Waals surface area contributed by atoms with Gasteiger partial charge in [-0.3, -0.25) is 4.90 Å². The SMILES string of the molecule is CCN(Cc1ccccc1)Cc1ccc(-c2ccc(Cl)cc2)o1. The monoisotopic (exact) mass is 325 g/mol. The number of hydrogen-bond donors (Lipinski definition) is 0. The molecule has 0 N–H and O–H groups in total. The van der Waals surface area contributed by atoms with Crippen molar-refractivity contribution in [3.05, 3.63) is 83.1 Å². The first-order valence-electron chi connectivity index (χ1n) is 7.85. The maximum atomic E-state index is 5.99. The molecule has 118 valence electrons. The molecule has 0 fully saturated rings. The maximum absolute atomic E-state index is 5.99. The summed E-state index contributed by atoms with van der Waals surface area (Å²) in [5, 5.41) is 0.737. The Morgan fingerprint density at radius 1 is 0.870 bits per heavy atom. The van der Waals surface area contributed by atoms with E-state index >= 15 is 0 Å². The van der Waals surface area contributed by atoms with Crippen LogP contribution in [-0.4, -0.2) is 11.4 Å². The van der Waals surface area contributed by atoms with E-state index in [2.05, 4.69) is 42.2 Å². The van der Waals surface area contributed by atoms with Crippen LogP contribution in [0.15, 0.2) is 71.1 Å². The Bertz CT molecular complexity index is 734. The van der Waals surface area contributed by atoms with Gasteiger partial charge >= 0.3 is 0 Å². The Hall–Kier alpha value is -2.03. The van der Waals surface area contributed by atoms with E-state index in [1.54, 1.807) is 0 Å². The number of furan rings is 1. The molecule has 1 aromatic heterocycles. The predicted molar refractivity (Wildman–Crippen MR) is 95.4 cm³/mol. The molecule has 0 saturated heterocycles. The molecule has 3 heteroatoms. The highest BCUT2D eigenvalue weighted by Crippen LogP contribution is 2.24. The first-order chi connectivity index (χ1) is 11.2. The molecule has 1 heterocycles. The summed E-state index contributed by atoms with van der Waals surface area (Å²) in [6, 6.07) is 22.3. The average Bonchev–Trinajstić information content (AvgIpc) is 3.04. The molecule has 0 spiro atoms. The topological polar surface area (TPSA) is 16.4 Å². The zero-order valence-electron chi connectivity index (χ0n) is 13.2. The largest absolute Gasteiger partial charge is 0.460 e. The average molecular weight is 326 g/mol. The third kappa shape index (κ3) is 4.25. The molecular weight excluding hydrogens is 306 g/mol. The number of rotatable bonds is 6. The van der Waals surface area contributed by atoms with E-state index in [0.29, 0.717) is 0 Å². The highest BCUT2D eigenvalue weighted by Gasteiger charge is 2.09. The van der Waals surface area contributed by atoms with Crippen molar-refractivity contribution in [3.8, 4) is 11.3 Å². The van der Waals surface area contributed by atoms with Gasteiger partial charge in [0, 0.05) is 17.1 Å². The minimum atomic E-state index is 0.737. The third-order valence-corrected chi connectivity index (χ3v) is 4.12. The molecule has 0 aliphatic rings. The van der Waals surface area contributed by atoms with Crippen LogP contribution in [0.1, 0.15) is 18.2 Å². The molecule has 0 saturated carbocycles. The number of hydrogen-bond acceptors (Lipinski definition) is 2. The second-order valence-electron chi connectivity index (χ2n) is 5.56. The van der Waals surface area contributed by atoms with Crippen molar-refractivity contribution in [2.24, 2.45) is 0 Å². The number of benzene rings is 2. The zero-order valence-corrected chi connectivity index (χ0v) is 14.0. The van der Waals surface area contributed by atoms with E-state index in [1.807, 2.05) is 36.4 Å². The van der Waals surface area contributed by atoms with E-state index in [-0.39, 0.29) is 0 Å². The fourth-order valence-electron chi connectivity index (χ4n) is 2.57. The van der Waals surface area contributed by atoms with Crippen molar-refractivity contribution in [3.63, 3.8) is 0 Å². The van der Waals surface area contributed by atoms with Crippen LogP contribution in [0.25, 0.3) is 11.3 Å². The summed E-state index contributed by atoms with van der Waals surface area (Å²) in [6.45, 7) is 4.88. The molecule has 23 heavy (non-hydrogen) atoms. The minimum Gasteiger partial charge on any atom is -0.460 e. The summed E-state index contributed by atoms with van der Waals surface area (Å²) in [5.74, 6) is 1.86. The van der Waals surface area contributed by atoms with E-state index in [4.69, 9.17) is 16.0 Å². The Morgan fingerprint density at radius 2 is 1.61 bits per heavy atom. The second kappa shape index (κ2) is 7.49. The van der Waals surface area contributed by atoms with Crippen LogP contribution in [0.2, 0.25) is 5.02 Å². The summed E-state index contributed by atoms with van der Waals surface area (Å²) in [4.78, 5) is 2.36. The van der Waals surface area contributed by atoms with Gasteiger partial charge in [-0.2, -0.15) is 0 Å². The minimum absolute atomic E-state index is 0.737. The van der Waals surface area contributed by atoms with Gasteiger partial charge in [0.1, 0.15) is 11.5 Å². The molecule has 0 amide bonds. The molecular formula is C20H20ClNO. The molecule has 0 bridgehead atoms. The summed E-state index contributed by atoms with van der Waals surface area (Å²) >= 11 is 5.93. The van der Waals surface area contributed by atoms with E-state index in [0.717, 1.165) is 41.7 Å². The first-order valence-corrected chi connectivity index (χ1v) is 8.23. The Morgan fingerprint density at radius 3 is 2.30 bits per heavy atom. The van der Waals surface area contributed by atoms with Crippen molar-refractivity contribution in [2.75, 3.05) is 6.54 Å². The Labute approximate surface area is 142 Å². The van der Waals surface area contributed by atoms with Crippen LogP contribution >= 0.6 is 11.6 Å². The van der Waals surface area contributed by atoms with Crippen LogP contribution in [0.3, 0.4) is 0 Å². The lowest BCUT2D eigenvalue weighted by Gasteiger charge is -2.19. The standard InChI is InChI=1S/C20H20ClNO/c1-2-22(14-16-6-4-3-5-7-16)15-19-12-13-20(23-19)17-8-10-18(21)11-9-17/h3-13H,2,14-15H2,1H3. The summed E-state index contributed by atoms with van der Waals surface area (Å²) in [7, 11) is 0. The number of halogens is 1. The van der Waals surface area contributed by atoms with Gasteiger partial charge in [0.15, 0.2) is 0 Å². The van der Waals surface area contributed by atoms with Crippen LogP contribution in [-0.2, 0) is 13.1 Å². The Balaban J connectivity index is 1.68. The van der Waals surface area contributed by atoms with Gasteiger partial charge in [0.2, 0.25) is 0 Å². The van der Waals surface area contributed by atoms with Crippen LogP contribution in [0, 0.1) is 0 Å². The lowest BCUT2D eigenvalue weighted by molar-refractivity contribution is 0.249. The van der Waals surface area contributed by atoms with Gasteiger partial charge < -0.3 is 4.42 Å². The van der Waals surface area contributed by atoms with Gasteiger partial charge in [-0.25, -0.2) is 0 Å². The second-order valence-corrected chi connectivity index (χ2v) is 6.00. The van der Waals surface area contributed by atoms with Gasteiger partial charge in [-0.05, 0) is 48.5 Å². The smallest absolute Gasteiger partial charge is 0.134 e. The van der Waals surface area contributed by atoms with Gasteiger partial charge in [-0.1, -0.05) is 48.9 Å². The highest BCUT2D eigenvalue weighted by atomic mass is 35.5. The number of nitrogens with zero attached hydrogens (tertiary/aromatic N) is 1. The van der Waals surface area contributed by atoms with Crippen molar-refractivity contribution >= 4 is 11.6 Å². The molecule has 0 unspecified atom stereocenters. The van der Waals surface area contributed by atoms with E-state index in [9.17, 15) is 0 Å².